The molecule has 0 saturated carbocycles. The maximum absolute atomic E-state index is 12.6. The van der Waals surface area contributed by atoms with Crippen LogP contribution in [0.2, 0.25) is 0 Å². The molecule has 1 aliphatic rings. The molecule has 0 spiro atoms. The molecule has 29 heavy (non-hydrogen) atoms. The molecule has 2 N–H and O–H groups in total. The van der Waals surface area contributed by atoms with Crippen molar-refractivity contribution in [2.45, 2.75) is 18.6 Å². The highest BCUT2D eigenvalue weighted by Crippen LogP contribution is 2.10. The van der Waals surface area contributed by atoms with Crippen LogP contribution < -0.4 is 10.2 Å². The molecule has 3 rings (SSSR count). The molecule has 156 valence electrons. The van der Waals surface area contributed by atoms with Crippen LogP contribution in [0.15, 0.2) is 60.7 Å². The molecule has 0 radical (unpaired) electrons. The SMILES string of the molecule is O=C(C[NH+]1CCN(S(=O)(=O)Cc2ccccc2)CC1)NCCCc1ccccc1. The number of nitrogens with one attached hydrogen (secondary N) is 2. The lowest BCUT2D eigenvalue weighted by molar-refractivity contribution is -0.895. The van der Waals surface area contributed by atoms with E-state index in [2.05, 4.69) is 17.4 Å². The first-order valence-electron chi connectivity index (χ1n) is 10.2. The van der Waals surface area contributed by atoms with Crippen LogP contribution in [-0.4, -0.2) is 57.9 Å². The van der Waals surface area contributed by atoms with Crippen LogP contribution in [0.1, 0.15) is 17.5 Å². The third kappa shape index (κ3) is 6.96. The monoisotopic (exact) mass is 416 g/mol. The van der Waals surface area contributed by atoms with E-state index in [-0.39, 0.29) is 11.7 Å². The van der Waals surface area contributed by atoms with Gasteiger partial charge in [0.15, 0.2) is 6.54 Å². The maximum Gasteiger partial charge on any atom is 0.275 e. The molecular formula is C22H30N3O3S+. The number of piperazine rings is 1. The lowest BCUT2D eigenvalue weighted by Crippen LogP contribution is -3.15. The van der Waals surface area contributed by atoms with E-state index < -0.39 is 10.0 Å². The molecule has 1 heterocycles. The Morgan fingerprint density at radius 1 is 0.931 bits per heavy atom. The van der Waals surface area contributed by atoms with Gasteiger partial charge in [-0.1, -0.05) is 60.7 Å². The molecule has 1 amide bonds. The number of hydrogen-bond donors (Lipinski definition) is 2. The van der Waals surface area contributed by atoms with Crippen molar-refractivity contribution < 1.29 is 18.1 Å². The van der Waals surface area contributed by atoms with Gasteiger partial charge in [0.1, 0.15) is 0 Å². The molecule has 2 aromatic rings. The van der Waals surface area contributed by atoms with E-state index in [1.165, 1.54) is 5.56 Å². The van der Waals surface area contributed by atoms with Gasteiger partial charge in [-0.05, 0) is 24.0 Å². The molecule has 0 aliphatic carbocycles. The van der Waals surface area contributed by atoms with Gasteiger partial charge in [-0.2, -0.15) is 4.31 Å². The molecule has 1 fully saturated rings. The van der Waals surface area contributed by atoms with Crippen molar-refractivity contribution in [2.75, 3.05) is 39.3 Å². The summed E-state index contributed by atoms with van der Waals surface area (Å²) < 4.78 is 26.8. The van der Waals surface area contributed by atoms with Gasteiger partial charge in [0.2, 0.25) is 10.0 Å². The third-order valence-electron chi connectivity index (χ3n) is 5.23. The van der Waals surface area contributed by atoms with Gasteiger partial charge >= 0.3 is 0 Å². The Bertz CT molecular complexity index is 865. The standard InChI is InChI=1S/C22H29N3O3S/c26-22(23-13-7-12-20-8-3-1-4-9-20)18-24-14-16-25(17-15-24)29(27,28)19-21-10-5-2-6-11-21/h1-6,8-11H,7,12-19H2,(H,23,26)/p+1. The fraction of sp³-hybridized carbons (Fsp3) is 0.409. The molecule has 0 aromatic heterocycles. The minimum atomic E-state index is -3.31. The Kier molecular flexibility index (Phi) is 7.80. The molecule has 2 aromatic carbocycles. The molecule has 6 nitrogen and oxygen atoms in total. The van der Waals surface area contributed by atoms with Gasteiger partial charge in [0.25, 0.3) is 5.91 Å². The zero-order chi connectivity index (χ0) is 20.5. The van der Waals surface area contributed by atoms with Crippen LogP contribution in [0.25, 0.3) is 0 Å². The van der Waals surface area contributed by atoms with Crippen molar-refractivity contribution in [1.82, 2.24) is 9.62 Å². The normalized spacial score (nSPS) is 15.9. The van der Waals surface area contributed by atoms with E-state index >= 15 is 0 Å². The van der Waals surface area contributed by atoms with E-state index in [0.29, 0.717) is 39.3 Å². The Morgan fingerprint density at radius 3 is 2.14 bits per heavy atom. The lowest BCUT2D eigenvalue weighted by atomic mass is 10.1. The summed E-state index contributed by atoms with van der Waals surface area (Å²) in [6.07, 6.45) is 1.86. The Balaban J connectivity index is 1.35. The van der Waals surface area contributed by atoms with Gasteiger partial charge in [-0.3, -0.25) is 4.79 Å². The van der Waals surface area contributed by atoms with Crippen molar-refractivity contribution in [3.05, 3.63) is 71.8 Å². The quantitative estimate of drug-likeness (QED) is 0.584. The molecule has 1 saturated heterocycles. The first-order chi connectivity index (χ1) is 14.0. The van der Waals surface area contributed by atoms with Gasteiger partial charge in [0, 0.05) is 6.54 Å². The second kappa shape index (κ2) is 10.5. The van der Waals surface area contributed by atoms with Crippen LogP contribution in [0.4, 0.5) is 0 Å². The summed E-state index contributed by atoms with van der Waals surface area (Å²) in [5, 5.41) is 2.98. The predicted octanol–water partition coefficient (Wildman–Crippen LogP) is 0.466. The van der Waals surface area contributed by atoms with Crippen molar-refractivity contribution in [3.63, 3.8) is 0 Å². The average Bonchev–Trinajstić information content (AvgIpc) is 2.73. The summed E-state index contributed by atoms with van der Waals surface area (Å²) in [6.45, 7) is 3.31. The fourth-order valence-electron chi connectivity index (χ4n) is 3.59. The molecular weight excluding hydrogens is 386 g/mol. The predicted molar refractivity (Wildman–Crippen MR) is 114 cm³/mol. The number of amides is 1. The zero-order valence-electron chi connectivity index (χ0n) is 16.7. The molecule has 0 atom stereocenters. The third-order valence-corrected chi connectivity index (χ3v) is 7.08. The number of benzene rings is 2. The number of carbonyl (C=O) groups is 1. The summed E-state index contributed by atoms with van der Waals surface area (Å²) in [4.78, 5) is 13.3. The summed E-state index contributed by atoms with van der Waals surface area (Å²) in [5.41, 5.74) is 2.08. The first-order valence-corrected chi connectivity index (χ1v) is 11.8. The van der Waals surface area contributed by atoms with E-state index in [1.54, 1.807) is 4.31 Å². The van der Waals surface area contributed by atoms with Gasteiger partial charge in [-0.25, -0.2) is 8.42 Å². The maximum atomic E-state index is 12.6. The highest BCUT2D eigenvalue weighted by Gasteiger charge is 2.29. The van der Waals surface area contributed by atoms with Gasteiger partial charge in [0.05, 0.1) is 31.9 Å². The summed E-state index contributed by atoms with van der Waals surface area (Å²) in [7, 11) is -3.31. The van der Waals surface area contributed by atoms with Crippen LogP contribution >= 0.6 is 0 Å². The Hall–Kier alpha value is -2.22. The summed E-state index contributed by atoms with van der Waals surface area (Å²) >= 11 is 0. The van der Waals surface area contributed by atoms with Crippen molar-refractivity contribution in [1.29, 1.82) is 0 Å². The molecule has 0 bridgehead atoms. The number of rotatable bonds is 9. The van der Waals surface area contributed by atoms with Crippen molar-refractivity contribution in [3.8, 4) is 0 Å². The van der Waals surface area contributed by atoms with E-state index in [9.17, 15) is 13.2 Å². The van der Waals surface area contributed by atoms with Gasteiger partial charge in [-0.15, -0.1) is 0 Å². The number of carbonyl (C=O) groups excluding carboxylic acids is 1. The number of sulfonamides is 1. The first kappa shape index (κ1) is 21.5. The smallest absolute Gasteiger partial charge is 0.275 e. The van der Waals surface area contributed by atoms with Crippen LogP contribution in [0.5, 0.6) is 0 Å². The van der Waals surface area contributed by atoms with Crippen molar-refractivity contribution >= 4 is 15.9 Å². The Morgan fingerprint density at radius 2 is 1.52 bits per heavy atom. The largest absolute Gasteiger partial charge is 0.351 e. The second-order valence-electron chi connectivity index (χ2n) is 7.51. The van der Waals surface area contributed by atoms with Crippen LogP contribution in [0.3, 0.4) is 0 Å². The van der Waals surface area contributed by atoms with Crippen LogP contribution in [0, 0.1) is 0 Å². The second-order valence-corrected chi connectivity index (χ2v) is 9.48. The minimum absolute atomic E-state index is 0.0328. The fourth-order valence-corrected chi connectivity index (χ4v) is 5.12. The topological polar surface area (TPSA) is 70.9 Å². The Labute approximate surface area is 173 Å². The van der Waals surface area contributed by atoms with E-state index in [1.807, 2.05) is 48.5 Å². The van der Waals surface area contributed by atoms with E-state index in [4.69, 9.17) is 0 Å². The van der Waals surface area contributed by atoms with Crippen LogP contribution in [-0.2, 0) is 27.0 Å². The zero-order valence-corrected chi connectivity index (χ0v) is 17.5. The molecule has 1 aliphatic heterocycles. The number of quaternary nitrogens is 1. The number of aryl methyl sites for hydroxylation is 1. The number of hydrogen-bond acceptors (Lipinski definition) is 3. The average molecular weight is 417 g/mol. The summed E-state index contributed by atoms with van der Waals surface area (Å²) in [5.74, 6) is 0.0686. The van der Waals surface area contributed by atoms with E-state index in [0.717, 1.165) is 23.3 Å². The molecule has 0 unspecified atom stereocenters. The highest BCUT2D eigenvalue weighted by atomic mass is 32.2. The highest BCUT2D eigenvalue weighted by molar-refractivity contribution is 7.88. The number of nitrogens with zero attached hydrogens (tertiary/aromatic N) is 1. The van der Waals surface area contributed by atoms with Crippen molar-refractivity contribution in [2.24, 2.45) is 0 Å². The summed E-state index contributed by atoms with van der Waals surface area (Å²) in [6, 6.07) is 19.5. The lowest BCUT2D eigenvalue weighted by Gasteiger charge is -2.31. The van der Waals surface area contributed by atoms with Gasteiger partial charge < -0.3 is 10.2 Å². The minimum Gasteiger partial charge on any atom is -0.351 e. The molecule has 7 heteroatoms.